The van der Waals surface area contributed by atoms with E-state index in [0.29, 0.717) is 0 Å². The third-order valence-electron chi connectivity index (χ3n) is 2.58. The molecule has 0 amide bonds. The smallest absolute Gasteiger partial charge is 0.0474 e. The molecule has 72 valence electrons. The Morgan fingerprint density at radius 2 is 1.77 bits per heavy atom. The zero-order valence-corrected chi connectivity index (χ0v) is 8.54. The van der Waals surface area contributed by atoms with Gasteiger partial charge < -0.3 is 11.1 Å². The lowest BCUT2D eigenvalue weighted by Crippen LogP contribution is -2.46. The van der Waals surface area contributed by atoms with E-state index < -0.39 is 0 Å². The van der Waals surface area contributed by atoms with E-state index in [2.05, 4.69) is 31.3 Å². The number of nitrogens with two attached hydrogens (primary N) is 1. The van der Waals surface area contributed by atoms with Gasteiger partial charge in [-0.2, -0.15) is 0 Å². The lowest BCUT2D eigenvalue weighted by molar-refractivity contribution is 0.349. The fourth-order valence-electron chi connectivity index (χ4n) is 1.23. The van der Waals surface area contributed by atoms with E-state index in [1.54, 1.807) is 0 Å². The zero-order chi connectivity index (χ0) is 9.90. The summed E-state index contributed by atoms with van der Waals surface area (Å²) in [5.41, 5.74) is 7.22. The summed E-state index contributed by atoms with van der Waals surface area (Å²) in [5.74, 6) is 0. The molecule has 1 unspecified atom stereocenters. The maximum atomic E-state index is 6.12. The predicted molar refractivity (Wildman–Crippen MR) is 56.5 cm³/mol. The van der Waals surface area contributed by atoms with Gasteiger partial charge in [0.15, 0.2) is 0 Å². The van der Waals surface area contributed by atoms with Gasteiger partial charge in [-0.05, 0) is 26.5 Å². The van der Waals surface area contributed by atoms with Crippen LogP contribution in [-0.2, 0) is 0 Å². The molecule has 1 aromatic carbocycles. The Kier molecular flexibility index (Phi) is 3.07. The maximum Gasteiger partial charge on any atom is 0.0474 e. The van der Waals surface area contributed by atoms with E-state index in [0.717, 1.165) is 0 Å². The normalized spacial score (nSPS) is 14.2. The number of hydrogen-bond donors (Lipinski definition) is 2. The molecule has 1 aromatic rings. The van der Waals surface area contributed by atoms with Gasteiger partial charge in [0, 0.05) is 11.6 Å². The van der Waals surface area contributed by atoms with Gasteiger partial charge in [0.25, 0.3) is 0 Å². The van der Waals surface area contributed by atoms with E-state index in [1.807, 2.05) is 25.2 Å². The van der Waals surface area contributed by atoms with Crippen molar-refractivity contribution in [1.82, 2.24) is 5.32 Å². The topological polar surface area (TPSA) is 38.0 Å². The molecule has 2 nitrogen and oxygen atoms in total. The fraction of sp³-hybridized carbons (Fsp3) is 0.455. The van der Waals surface area contributed by atoms with Crippen molar-refractivity contribution in [3.05, 3.63) is 35.9 Å². The average molecular weight is 178 g/mol. The Labute approximate surface area is 80.1 Å². The lowest BCUT2D eigenvalue weighted by Gasteiger charge is -2.31. The minimum atomic E-state index is -0.0681. The van der Waals surface area contributed by atoms with Crippen molar-refractivity contribution in [3.8, 4) is 0 Å². The summed E-state index contributed by atoms with van der Waals surface area (Å²) in [7, 11) is 1.93. The van der Waals surface area contributed by atoms with Crippen LogP contribution in [0.5, 0.6) is 0 Å². The highest BCUT2D eigenvalue weighted by molar-refractivity contribution is 5.21. The second-order valence-electron chi connectivity index (χ2n) is 3.86. The monoisotopic (exact) mass is 178 g/mol. The van der Waals surface area contributed by atoms with Crippen LogP contribution < -0.4 is 11.1 Å². The second kappa shape index (κ2) is 3.90. The van der Waals surface area contributed by atoms with Gasteiger partial charge in [0.1, 0.15) is 0 Å². The summed E-state index contributed by atoms with van der Waals surface area (Å²) in [6.07, 6.45) is 0. The van der Waals surface area contributed by atoms with Crippen LogP contribution >= 0.6 is 0 Å². The molecule has 2 heteroatoms. The summed E-state index contributed by atoms with van der Waals surface area (Å²) in [6.45, 7) is 4.20. The highest BCUT2D eigenvalue weighted by atomic mass is 15.0. The molecule has 0 heterocycles. The molecular weight excluding hydrogens is 160 g/mol. The molecule has 0 saturated heterocycles. The van der Waals surface area contributed by atoms with E-state index in [1.165, 1.54) is 5.56 Å². The molecule has 0 aliphatic heterocycles. The largest absolute Gasteiger partial charge is 0.322 e. The number of hydrogen-bond acceptors (Lipinski definition) is 2. The third kappa shape index (κ3) is 2.29. The highest BCUT2D eigenvalue weighted by Gasteiger charge is 2.24. The van der Waals surface area contributed by atoms with Crippen LogP contribution in [0.1, 0.15) is 25.5 Å². The molecule has 0 saturated carbocycles. The molecule has 0 fully saturated rings. The zero-order valence-electron chi connectivity index (χ0n) is 8.54. The molecule has 13 heavy (non-hydrogen) atoms. The Morgan fingerprint density at radius 1 is 1.23 bits per heavy atom. The molecule has 0 radical (unpaired) electrons. The third-order valence-corrected chi connectivity index (χ3v) is 2.58. The van der Waals surface area contributed by atoms with Crippen molar-refractivity contribution in [2.45, 2.75) is 25.4 Å². The van der Waals surface area contributed by atoms with Crippen LogP contribution in [-0.4, -0.2) is 12.6 Å². The number of benzene rings is 1. The molecular formula is C11H18N2. The average Bonchev–Trinajstić information content (AvgIpc) is 2.18. The van der Waals surface area contributed by atoms with Gasteiger partial charge in [-0.15, -0.1) is 0 Å². The number of likely N-dealkylation sites (N-methyl/N-ethyl adjacent to an activating group) is 1. The van der Waals surface area contributed by atoms with Crippen molar-refractivity contribution >= 4 is 0 Å². The number of nitrogens with one attached hydrogen (secondary N) is 1. The minimum absolute atomic E-state index is 0.0266. The van der Waals surface area contributed by atoms with Crippen LogP contribution in [0.25, 0.3) is 0 Å². The quantitative estimate of drug-likeness (QED) is 0.739. The molecule has 0 spiro atoms. The standard InChI is InChI=1S/C11H18N2/c1-11(2,13-3)10(12)9-7-5-4-6-8-9/h4-8,10,13H,12H2,1-3H3. The van der Waals surface area contributed by atoms with E-state index in [-0.39, 0.29) is 11.6 Å². The summed E-state index contributed by atoms with van der Waals surface area (Å²) in [5, 5.41) is 3.21. The van der Waals surface area contributed by atoms with Crippen LogP contribution in [0.2, 0.25) is 0 Å². The van der Waals surface area contributed by atoms with Crippen molar-refractivity contribution in [2.75, 3.05) is 7.05 Å². The Bertz CT molecular complexity index is 254. The van der Waals surface area contributed by atoms with Crippen LogP contribution in [0.15, 0.2) is 30.3 Å². The van der Waals surface area contributed by atoms with Crippen LogP contribution in [0, 0.1) is 0 Å². The van der Waals surface area contributed by atoms with Crippen LogP contribution in [0.4, 0.5) is 0 Å². The summed E-state index contributed by atoms with van der Waals surface area (Å²) >= 11 is 0. The first kappa shape index (κ1) is 10.2. The first-order chi connectivity index (χ1) is 6.08. The summed E-state index contributed by atoms with van der Waals surface area (Å²) in [4.78, 5) is 0. The van der Waals surface area contributed by atoms with Gasteiger partial charge >= 0.3 is 0 Å². The molecule has 0 aromatic heterocycles. The molecule has 0 aliphatic carbocycles. The van der Waals surface area contributed by atoms with E-state index in [4.69, 9.17) is 5.73 Å². The Hall–Kier alpha value is -0.860. The van der Waals surface area contributed by atoms with Crippen molar-refractivity contribution in [2.24, 2.45) is 5.73 Å². The lowest BCUT2D eigenvalue weighted by atomic mass is 9.90. The van der Waals surface area contributed by atoms with E-state index in [9.17, 15) is 0 Å². The SMILES string of the molecule is CNC(C)(C)C(N)c1ccccc1. The minimum Gasteiger partial charge on any atom is -0.322 e. The van der Waals surface area contributed by atoms with Gasteiger partial charge in [-0.1, -0.05) is 30.3 Å². The summed E-state index contributed by atoms with van der Waals surface area (Å²) in [6, 6.07) is 10.2. The molecule has 0 aliphatic rings. The Balaban J connectivity index is 2.85. The van der Waals surface area contributed by atoms with Gasteiger partial charge in [0.2, 0.25) is 0 Å². The summed E-state index contributed by atoms with van der Waals surface area (Å²) < 4.78 is 0. The fourth-order valence-corrected chi connectivity index (χ4v) is 1.23. The van der Waals surface area contributed by atoms with Crippen molar-refractivity contribution in [3.63, 3.8) is 0 Å². The van der Waals surface area contributed by atoms with Gasteiger partial charge in [-0.25, -0.2) is 0 Å². The molecule has 3 N–H and O–H groups in total. The first-order valence-electron chi connectivity index (χ1n) is 4.57. The number of rotatable bonds is 3. The molecule has 0 bridgehead atoms. The van der Waals surface area contributed by atoms with Gasteiger partial charge in [0.05, 0.1) is 0 Å². The second-order valence-corrected chi connectivity index (χ2v) is 3.86. The van der Waals surface area contributed by atoms with Crippen LogP contribution in [0.3, 0.4) is 0 Å². The molecule has 1 atom stereocenters. The van der Waals surface area contributed by atoms with Crippen molar-refractivity contribution < 1.29 is 0 Å². The predicted octanol–water partition coefficient (Wildman–Crippen LogP) is 1.68. The van der Waals surface area contributed by atoms with E-state index >= 15 is 0 Å². The molecule has 1 rings (SSSR count). The van der Waals surface area contributed by atoms with Gasteiger partial charge in [-0.3, -0.25) is 0 Å². The Morgan fingerprint density at radius 3 is 2.23 bits per heavy atom. The maximum absolute atomic E-state index is 6.12. The highest BCUT2D eigenvalue weighted by Crippen LogP contribution is 2.21. The van der Waals surface area contributed by atoms with Crippen molar-refractivity contribution in [1.29, 1.82) is 0 Å². The first-order valence-corrected chi connectivity index (χ1v) is 4.57.